The molecule has 0 amide bonds. The summed E-state index contributed by atoms with van der Waals surface area (Å²) in [6.45, 7) is 10.8. The molecule has 0 heterocycles. The number of rotatable bonds is 5. The van der Waals surface area contributed by atoms with Crippen LogP contribution in [0.2, 0.25) is 0 Å². The Morgan fingerprint density at radius 1 is 1.00 bits per heavy atom. The molecule has 0 saturated carbocycles. The fourth-order valence-corrected chi connectivity index (χ4v) is 1.85. The van der Waals surface area contributed by atoms with Gasteiger partial charge in [0.2, 0.25) is 0 Å². The number of hydrogen-bond acceptors (Lipinski definition) is 2. The molecular weight excluding hydrogens is 164 g/mol. The monoisotopic (exact) mass is 188 g/mol. The van der Waals surface area contributed by atoms with Gasteiger partial charge in [-0.05, 0) is 18.8 Å². The van der Waals surface area contributed by atoms with Crippen LogP contribution in [0.4, 0.5) is 0 Å². The van der Waals surface area contributed by atoms with E-state index >= 15 is 0 Å². The molecule has 2 nitrogen and oxygen atoms in total. The van der Waals surface area contributed by atoms with Crippen molar-refractivity contribution in [3.8, 4) is 0 Å². The quantitative estimate of drug-likeness (QED) is 0.660. The second kappa shape index (κ2) is 4.97. The van der Waals surface area contributed by atoms with Gasteiger partial charge in [-0.3, -0.25) is 0 Å². The smallest absolute Gasteiger partial charge is 0.0936 e. The van der Waals surface area contributed by atoms with Crippen molar-refractivity contribution >= 4 is 0 Å². The lowest BCUT2D eigenvalue weighted by Crippen LogP contribution is -2.49. The Bertz CT molecular complexity index is 143. The third-order valence-electron chi connectivity index (χ3n) is 3.01. The third kappa shape index (κ3) is 2.68. The molecule has 0 rings (SSSR count). The van der Waals surface area contributed by atoms with Crippen LogP contribution in [0.25, 0.3) is 0 Å². The van der Waals surface area contributed by atoms with E-state index < -0.39 is 0 Å². The maximum atomic E-state index is 5.59. The fraction of sp³-hybridized carbons (Fsp3) is 1.00. The Morgan fingerprint density at radius 3 is 1.54 bits per heavy atom. The van der Waals surface area contributed by atoms with E-state index in [2.05, 4.69) is 34.6 Å². The van der Waals surface area contributed by atoms with Crippen molar-refractivity contribution in [1.29, 1.82) is 0 Å². The molecule has 0 aromatic rings. The standard InChI is InChI=1S/C11H24O2/c1-8(2)10(12-6)11(5,13-7)9(3)4/h8-10H,1-7H3. The van der Waals surface area contributed by atoms with Gasteiger partial charge in [0.15, 0.2) is 0 Å². The maximum absolute atomic E-state index is 5.59. The highest BCUT2D eigenvalue weighted by Gasteiger charge is 2.39. The largest absolute Gasteiger partial charge is 0.378 e. The van der Waals surface area contributed by atoms with Gasteiger partial charge in [-0.1, -0.05) is 27.7 Å². The molecule has 2 atom stereocenters. The Hall–Kier alpha value is -0.0800. The summed E-state index contributed by atoms with van der Waals surface area (Å²) in [6, 6.07) is 0. The Balaban J connectivity index is 4.69. The highest BCUT2D eigenvalue weighted by molar-refractivity contribution is 4.89. The van der Waals surface area contributed by atoms with E-state index in [1.165, 1.54) is 0 Å². The maximum Gasteiger partial charge on any atom is 0.0936 e. The lowest BCUT2D eigenvalue weighted by molar-refractivity contribution is -0.147. The average molecular weight is 188 g/mol. The molecule has 0 aliphatic rings. The Morgan fingerprint density at radius 2 is 1.46 bits per heavy atom. The topological polar surface area (TPSA) is 18.5 Å². The zero-order valence-electron chi connectivity index (χ0n) is 10.0. The van der Waals surface area contributed by atoms with Crippen molar-refractivity contribution < 1.29 is 9.47 Å². The van der Waals surface area contributed by atoms with E-state index in [-0.39, 0.29) is 11.7 Å². The molecule has 13 heavy (non-hydrogen) atoms. The summed E-state index contributed by atoms with van der Waals surface area (Å²) in [5.74, 6) is 0.919. The van der Waals surface area contributed by atoms with E-state index in [1.54, 1.807) is 14.2 Å². The zero-order chi connectivity index (χ0) is 10.6. The summed E-state index contributed by atoms with van der Waals surface area (Å²) in [7, 11) is 3.51. The molecule has 80 valence electrons. The predicted molar refractivity (Wildman–Crippen MR) is 55.9 cm³/mol. The summed E-state index contributed by atoms with van der Waals surface area (Å²) in [5, 5.41) is 0. The second-order valence-electron chi connectivity index (χ2n) is 4.44. The molecule has 0 aromatic carbocycles. The zero-order valence-corrected chi connectivity index (χ0v) is 10.0. The molecule has 0 N–H and O–H groups in total. The molecule has 0 aromatic heterocycles. The highest BCUT2D eigenvalue weighted by atomic mass is 16.5. The van der Waals surface area contributed by atoms with Gasteiger partial charge in [0.25, 0.3) is 0 Å². The van der Waals surface area contributed by atoms with Crippen molar-refractivity contribution in [2.24, 2.45) is 11.8 Å². The molecular formula is C11H24O2. The molecule has 0 spiro atoms. The van der Waals surface area contributed by atoms with Crippen molar-refractivity contribution in [2.75, 3.05) is 14.2 Å². The summed E-state index contributed by atoms with van der Waals surface area (Å²) in [4.78, 5) is 0. The molecule has 2 unspecified atom stereocenters. The van der Waals surface area contributed by atoms with Crippen molar-refractivity contribution in [2.45, 2.75) is 46.3 Å². The highest BCUT2D eigenvalue weighted by Crippen LogP contribution is 2.30. The third-order valence-corrected chi connectivity index (χ3v) is 3.01. The van der Waals surface area contributed by atoms with Gasteiger partial charge in [-0.15, -0.1) is 0 Å². The van der Waals surface area contributed by atoms with Crippen molar-refractivity contribution in [1.82, 2.24) is 0 Å². The van der Waals surface area contributed by atoms with Crippen LogP contribution in [-0.4, -0.2) is 25.9 Å². The average Bonchev–Trinajstić information content (AvgIpc) is 2.04. The second-order valence-corrected chi connectivity index (χ2v) is 4.44. The first-order valence-corrected chi connectivity index (χ1v) is 4.98. The number of ether oxygens (including phenoxy) is 2. The van der Waals surface area contributed by atoms with Crippen LogP contribution in [0.15, 0.2) is 0 Å². The predicted octanol–water partition coefficient (Wildman–Crippen LogP) is 2.72. The van der Waals surface area contributed by atoms with E-state index in [1.807, 2.05) is 0 Å². The van der Waals surface area contributed by atoms with Crippen LogP contribution < -0.4 is 0 Å². The van der Waals surface area contributed by atoms with E-state index in [0.717, 1.165) is 0 Å². The van der Waals surface area contributed by atoms with Crippen LogP contribution in [0.1, 0.15) is 34.6 Å². The normalized spacial score (nSPS) is 19.2. The Labute approximate surface area is 82.6 Å². The Kier molecular flexibility index (Phi) is 4.93. The summed E-state index contributed by atoms with van der Waals surface area (Å²) in [6.07, 6.45) is 0.150. The summed E-state index contributed by atoms with van der Waals surface area (Å²) < 4.78 is 11.1. The van der Waals surface area contributed by atoms with Gasteiger partial charge in [-0.25, -0.2) is 0 Å². The van der Waals surface area contributed by atoms with Crippen LogP contribution in [-0.2, 0) is 9.47 Å². The van der Waals surface area contributed by atoms with Gasteiger partial charge in [0, 0.05) is 14.2 Å². The lowest BCUT2D eigenvalue weighted by Gasteiger charge is -2.41. The van der Waals surface area contributed by atoms with E-state index in [0.29, 0.717) is 11.8 Å². The van der Waals surface area contributed by atoms with Crippen molar-refractivity contribution in [3.63, 3.8) is 0 Å². The number of hydrogen-bond donors (Lipinski definition) is 0. The van der Waals surface area contributed by atoms with E-state index in [4.69, 9.17) is 9.47 Å². The minimum atomic E-state index is -0.192. The van der Waals surface area contributed by atoms with Gasteiger partial charge in [-0.2, -0.15) is 0 Å². The number of methoxy groups -OCH3 is 2. The summed E-state index contributed by atoms with van der Waals surface area (Å²) >= 11 is 0. The van der Waals surface area contributed by atoms with Gasteiger partial charge in [0.05, 0.1) is 11.7 Å². The molecule has 0 aliphatic heterocycles. The lowest BCUT2D eigenvalue weighted by atomic mass is 9.81. The molecule has 0 saturated heterocycles. The molecule has 0 radical (unpaired) electrons. The first kappa shape index (κ1) is 12.9. The van der Waals surface area contributed by atoms with Gasteiger partial charge >= 0.3 is 0 Å². The van der Waals surface area contributed by atoms with Crippen molar-refractivity contribution in [3.05, 3.63) is 0 Å². The van der Waals surface area contributed by atoms with Crippen LogP contribution in [0, 0.1) is 11.8 Å². The molecule has 0 fully saturated rings. The van der Waals surface area contributed by atoms with E-state index in [9.17, 15) is 0 Å². The minimum Gasteiger partial charge on any atom is -0.378 e. The van der Waals surface area contributed by atoms with Crippen LogP contribution >= 0.6 is 0 Å². The molecule has 2 heteroatoms. The molecule has 0 bridgehead atoms. The van der Waals surface area contributed by atoms with Crippen LogP contribution in [0.5, 0.6) is 0 Å². The minimum absolute atomic E-state index is 0.150. The first-order chi connectivity index (χ1) is 5.90. The fourth-order valence-electron chi connectivity index (χ4n) is 1.85. The summed E-state index contributed by atoms with van der Waals surface area (Å²) in [5.41, 5.74) is -0.192. The van der Waals surface area contributed by atoms with Crippen LogP contribution in [0.3, 0.4) is 0 Å². The van der Waals surface area contributed by atoms with Gasteiger partial charge < -0.3 is 9.47 Å². The first-order valence-electron chi connectivity index (χ1n) is 4.98. The molecule has 0 aliphatic carbocycles. The SMILES string of the molecule is COC(C(C)C)C(C)(OC)C(C)C. The van der Waals surface area contributed by atoms with Gasteiger partial charge in [0.1, 0.15) is 0 Å².